The van der Waals surface area contributed by atoms with Crippen LogP contribution in [0.1, 0.15) is 63.5 Å². The Kier molecular flexibility index (Phi) is 6.88. The predicted octanol–water partition coefficient (Wildman–Crippen LogP) is 4.80. The Morgan fingerprint density at radius 3 is 2.26 bits per heavy atom. The molecule has 0 aromatic heterocycles. The maximum Gasteiger partial charge on any atom is 0.407 e. The molecule has 0 spiro atoms. The van der Waals surface area contributed by atoms with Gasteiger partial charge in [0, 0.05) is 25.4 Å². The largest absolute Gasteiger partial charge is 0.480 e. The number of nitrogens with zero attached hydrogens (tertiary/aromatic N) is 1. The molecular formula is C28H34N2O5. The molecule has 0 bridgehead atoms. The van der Waals surface area contributed by atoms with Gasteiger partial charge in [0.25, 0.3) is 0 Å². The van der Waals surface area contributed by atoms with Gasteiger partial charge in [-0.2, -0.15) is 0 Å². The first kappa shape index (κ1) is 24.8. The summed E-state index contributed by atoms with van der Waals surface area (Å²) in [6.07, 6.45) is 1.65. The molecule has 2 aromatic carbocycles. The fourth-order valence-electron chi connectivity index (χ4n) is 5.27. The summed E-state index contributed by atoms with van der Waals surface area (Å²) >= 11 is 0. The van der Waals surface area contributed by atoms with Crippen LogP contribution in [-0.4, -0.2) is 53.2 Å². The molecule has 1 fully saturated rings. The molecule has 7 heteroatoms. The van der Waals surface area contributed by atoms with Crippen molar-refractivity contribution in [3.8, 4) is 11.1 Å². The molecule has 186 valence electrons. The summed E-state index contributed by atoms with van der Waals surface area (Å²) in [6.45, 7) is 6.30. The van der Waals surface area contributed by atoms with Crippen molar-refractivity contribution < 1.29 is 24.2 Å². The van der Waals surface area contributed by atoms with Crippen LogP contribution in [0, 0.1) is 5.41 Å². The molecule has 0 radical (unpaired) electrons. The number of carboxylic acids is 1. The maximum atomic E-state index is 13.0. The summed E-state index contributed by atoms with van der Waals surface area (Å²) in [6, 6.07) is 16.3. The third-order valence-electron chi connectivity index (χ3n) is 7.34. The molecule has 1 aliphatic carbocycles. The molecule has 2 N–H and O–H groups in total. The van der Waals surface area contributed by atoms with Crippen molar-refractivity contribution in [3.63, 3.8) is 0 Å². The van der Waals surface area contributed by atoms with E-state index in [9.17, 15) is 19.5 Å². The van der Waals surface area contributed by atoms with Crippen molar-refractivity contribution >= 4 is 18.0 Å². The summed E-state index contributed by atoms with van der Waals surface area (Å²) < 4.78 is 5.60. The highest BCUT2D eigenvalue weighted by molar-refractivity contribution is 5.87. The number of likely N-dealkylation sites (tertiary alicyclic amines) is 1. The van der Waals surface area contributed by atoms with Gasteiger partial charge in [0.05, 0.1) is 0 Å². The topological polar surface area (TPSA) is 95.9 Å². The van der Waals surface area contributed by atoms with Gasteiger partial charge in [-0.05, 0) is 53.9 Å². The van der Waals surface area contributed by atoms with Gasteiger partial charge in [-0.1, -0.05) is 62.4 Å². The molecule has 2 amide bonds. The molecule has 2 aromatic rings. The third-order valence-corrected chi connectivity index (χ3v) is 7.34. The van der Waals surface area contributed by atoms with Gasteiger partial charge >= 0.3 is 12.1 Å². The second kappa shape index (κ2) is 9.72. The zero-order valence-corrected chi connectivity index (χ0v) is 20.7. The van der Waals surface area contributed by atoms with E-state index in [1.807, 2.05) is 38.1 Å². The number of rotatable bonds is 7. The standard InChI is InChI=1S/C28H34N2O5/c1-27(2,16-24(31)30-15-9-8-14-28(30,3)25(32)33)18-29-26(34)35-17-23-21-12-6-4-10-19(21)20-11-5-7-13-22(20)23/h4-7,10-13,23H,8-9,14-18H2,1-3H3,(H,29,34)(H,32,33). The summed E-state index contributed by atoms with van der Waals surface area (Å²) in [5, 5.41) is 12.5. The molecule has 1 saturated heterocycles. The number of hydrogen-bond donors (Lipinski definition) is 2. The molecular weight excluding hydrogens is 444 g/mol. The number of benzene rings is 2. The number of amides is 2. The van der Waals surface area contributed by atoms with Gasteiger partial charge in [0.2, 0.25) is 5.91 Å². The van der Waals surface area contributed by atoms with Crippen LogP contribution in [0.15, 0.2) is 48.5 Å². The number of carboxylic acid groups (broad SMARTS) is 1. The minimum absolute atomic E-state index is 0.0180. The van der Waals surface area contributed by atoms with Crippen LogP contribution in [0.5, 0.6) is 0 Å². The highest BCUT2D eigenvalue weighted by atomic mass is 16.5. The van der Waals surface area contributed by atoms with Crippen LogP contribution in [-0.2, 0) is 14.3 Å². The SMILES string of the molecule is CC(C)(CNC(=O)OCC1c2ccccc2-c2ccccc21)CC(=O)N1CCCCC1(C)C(=O)O. The number of carbonyl (C=O) groups is 3. The second-order valence-electron chi connectivity index (χ2n) is 10.6. The monoisotopic (exact) mass is 478 g/mol. The van der Waals surface area contributed by atoms with E-state index in [-0.39, 0.29) is 31.4 Å². The normalized spacial score (nSPS) is 19.6. The van der Waals surface area contributed by atoms with Crippen LogP contribution in [0.2, 0.25) is 0 Å². The van der Waals surface area contributed by atoms with Crippen molar-refractivity contribution in [2.45, 2.75) is 57.9 Å². The Hall–Kier alpha value is -3.35. The number of ether oxygens (including phenoxy) is 1. The summed E-state index contributed by atoms with van der Waals surface area (Å²) in [5.41, 5.74) is 2.90. The number of carbonyl (C=O) groups excluding carboxylic acids is 2. The van der Waals surface area contributed by atoms with E-state index in [1.54, 1.807) is 6.92 Å². The minimum Gasteiger partial charge on any atom is -0.480 e. The zero-order chi connectivity index (χ0) is 25.2. The molecule has 0 saturated carbocycles. The molecule has 1 atom stereocenters. The number of alkyl carbamates (subject to hydrolysis) is 1. The fourth-order valence-corrected chi connectivity index (χ4v) is 5.27. The van der Waals surface area contributed by atoms with Crippen LogP contribution in [0.3, 0.4) is 0 Å². The van der Waals surface area contributed by atoms with Gasteiger partial charge in [0.15, 0.2) is 0 Å². The fraction of sp³-hybridized carbons (Fsp3) is 0.464. The van der Waals surface area contributed by atoms with E-state index >= 15 is 0 Å². The number of piperidine rings is 1. The van der Waals surface area contributed by atoms with E-state index in [0.717, 1.165) is 24.0 Å². The smallest absolute Gasteiger partial charge is 0.407 e. The molecule has 1 aliphatic heterocycles. The van der Waals surface area contributed by atoms with E-state index in [4.69, 9.17) is 4.74 Å². The lowest BCUT2D eigenvalue weighted by Gasteiger charge is -2.43. The van der Waals surface area contributed by atoms with Gasteiger partial charge in [0.1, 0.15) is 12.1 Å². The summed E-state index contributed by atoms with van der Waals surface area (Å²) in [7, 11) is 0. The second-order valence-corrected chi connectivity index (χ2v) is 10.6. The van der Waals surface area contributed by atoms with Crippen LogP contribution in [0.4, 0.5) is 4.79 Å². The van der Waals surface area contributed by atoms with Crippen molar-refractivity contribution in [1.29, 1.82) is 0 Å². The average molecular weight is 479 g/mol. The van der Waals surface area contributed by atoms with E-state index in [0.29, 0.717) is 13.0 Å². The first-order valence-corrected chi connectivity index (χ1v) is 12.3. The predicted molar refractivity (Wildman–Crippen MR) is 133 cm³/mol. The Labute approximate surface area is 206 Å². The Bertz CT molecular complexity index is 1080. The minimum atomic E-state index is -1.17. The maximum absolute atomic E-state index is 13.0. The van der Waals surface area contributed by atoms with Gasteiger partial charge in [-0.25, -0.2) is 9.59 Å². The molecule has 35 heavy (non-hydrogen) atoms. The average Bonchev–Trinajstić information content (AvgIpc) is 3.15. The molecule has 4 rings (SSSR count). The first-order valence-electron chi connectivity index (χ1n) is 12.3. The number of fused-ring (bicyclic) bond motifs is 3. The van der Waals surface area contributed by atoms with E-state index in [1.165, 1.54) is 16.0 Å². The number of aliphatic carboxylic acids is 1. The Balaban J connectivity index is 1.32. The molecule has 1 unspecified atom stereocenters. The third kappa shape index (κ3) is 5.04. The number of nitrogens with one attached hydrogen (secondary N) is 1. The lowest BCUT2D eigenvalue weighted by atomic mass is 9.84. The quantitative estimate of drug-likeness (QED) is 0.596. The lowest BCUT2D eigenvalue weighted by Crippen LogP contribution is -2.58. The van der Waals surface area contributed by atoms with Gasteiger partial charge in [-0.3, -0.25) is 4.79 Å². The van der Waals surface area contributed by atoms with E-state index < -0.39 is 23.0 Å². The molecule has 1 heterocycles. The van der Waals surface area contributed by atoms with Crippen molar-refractivity contribution in [3.05, 3.63) is 59.7 Å². The highest BCUT2D eigenvalue weighted by Gasteiger charge is 2.44. The van der Waals surface area contributed by atoms with E-state index in [2.05, 4.69) is 29.6 Å². The Morgan fingerprint density at radius 1 is 1.06 bits per heavy atom. The van der Waals surface area contributed by atoms with Crippen molar-refractivity contribution in [2.75, 3.05) is 19.7 Å². The summed E-state index contributed by atoms with van der Waals surface area (Å²) in [5.74, 6) is -1.19. The molecule has 2 aliphatic rings. The van der Waals surface area contributed by atoms with Gasteiger partial charge < -0.3 is 20.1 Å². The first-order chi connectivity index (χ1) is 16.6. The van der Waals surface area contributed by atoms with Crippen LogP contribution < -0.4 is 5.32 Å². The van der Waals surface area contributed by atoms with Gasteiger partial charge in [-0.15, -0.1) is 0 Å². The molecule has 7 nitrogen and oxygen atoms in total. The van der Waals surface area contributed by atoms with Crippen LogP contribution in [0.25, 0.3) is 11.1 Å². The lowest BCUT2D eigenvalue weighted by molar-refractivity contribution is -0.161. The van der Waals surface area contributed by atoms with Crippen LogP contribution >= 0.6 is 0 Å². The Morgan fingerprint density at radius 2 is 1.66 bits per heavy atom. The van der Waals surface area contributed by atoms with Crippen molar-refractivity contribution in [1.82, 2.24) is 10.2 Å². The van der Waals surface area contributed by atoms with Crippen molar-refractivity contribution in [2.24, 2.45) is 5.41 Å². The summed E-state index contributed by atoms with van der Waals surface area (Å²) in [4.78, 5) is 38.9. The highest BCUT2D eigenvalue weighted by Crippen LogP contribution is 2.44. The number of hydrogen-bond acceptors (Lipinski definition) is 4. The zero-order valence-electron chi connectivity index (χ0n) is 20.7.